The molecule has 0 fully saturated rings. The summed E-state index contributed by atoms with van der Waals surface area (Å²) in [6.07, 6.45) is 6.11. The maximum Gasteiger partial charge on any atom is 0.166 e. The summed E-state index contributed by atoms with van der Waals surface area (Å²) in [5.74, 6) is 2.43. The summed E-state index contributed by atoms with van der Waals surface area (Å²) in [5, 5.41) is 0. The van der Waals surface area contributed by atoms with E-state index >= 15 is 0 Å². The van der Waals surface area contributed by atoms with Crippen LogP contribution in [0.2, 0.25) is 0 Å². The van der Waals surface area contributed by atoms with Crippen LogP contribution in [0.3, 0.4) is 0 Å². The van der Waals surface area contributed by atoms with Crippen molar-refractivity contribution in [1.29, 1.82) is 0 Å². The van der Waals surface area contributed by atoms with Crippen LogP contribution in [0.1, 0.15) is 64.7 Å². The lowest BCUT2D eigenvalue weighted by atomic mass is 9.74. The number of methoxy groups -OCH3 is 2. The van der Waals surface area contributed by atoms with E-state index in [1.807, 2.05) is 6.26 Å². The number of rotatable bonds is 3. The lowest BCUT2D eigenvalue weighted by Crippen LogP contribution is -2.33. The molecule has 0 bridgehead atoms. The fraction of sp³-hybridized carbons (Fsp3) is 0.519. The summed E-state index contributed by atoms with van der Waals surface area (Å²) in [5.41, 5.74) is 7.64. The van der Waals surface area contributed by atoms with Gasteiger partial charge in [0.1, 0.15) is 11.9 Å². The lowest BCUT2D eigenvalue weighted by molar-refractivity contribution is 0.134. The third kappa shape index (κ3) is 3.08. The Labute approximate surface area is 190 Å². The molecular weight excluding hydrogens is 402 g/mol. The van der Waals surface area contributed by atoms with Crippen molar-refractivity contribution in [3.8, 4) is 11.5 Å². The molecule has 4 aliphatic rings. The van der Waals surface area contributed by atoms with Gasteiger partial charge in [-0.1, -0.05) is 13.8 Å². The van der Waals surface area contributed by atoms with E-state index in [0.717, 1.165) is 47.8 Å². The fourth-order valence-corrected chi connectivity index (χ4v) is 5.76. The Balaban J connectivity index is 1.83. The summed E-state index contributed by atoms with van der Waals surface area (Å²) in [6, 6.07) is 2.16. The Morgan fingerprint density at radius 3 is 2.38 bits per heavy atom. The molecule has 0 radical (unpaired) electrons. The summed E-state index contributed by atoms with van der Waals surface area (Å²) < 4.78 is 23.5. The van der Waals surface area contributed by atoms with E-state index in [4.69, 9.17) is 23.9 Å². The van der Waals surface area contributed by atoms with Gasteiger partial charge in [0, 0.05) is 23.1 Å². The summed E-state index contributed by atoms with van der Waals surface area (Å²) in [6.45, 7) is 13.3. The van der Waals surface area contributed by atoms with Crippen molar-refractivity contribution in [3.05, 3.63) is 57.8 Å². The van der Waals surface area contributed by atoms with E-state index in [-0.39, 0.29) is 16.6 Å². The second-order valence-corrected chi connectivity index (χ2v) is 11.2. The molecule has 0 N–H and O–H groups in total. The molecule has 0 saturated heterocycles. The standard InChI is InChI=1S/C27H33NO4/c1-25(2)10-16-13-31-14-19(30-8)21(16)22(25)23-20-15(11-26(3,4)28-23)9-18(29-7)24-17(20)12-27(5,6)32-24/h9,13-14H,10-12H2,1-8H3. The van der Waals surface area contributed by atoms with Gasteiger partial charge in [-0.05, 0) is 68.7 Å². The van der Waals surface area contributed by atoms with Crippen molar-refractivity contribution in [2.24, 2.45) is 10.4 Å². The molecule has 32 heavy (non-hydrogen) atoms. The molecule has 3 aliphatic heterocycles. The number of hydrogen-bond donors (Lipinski definition) is 0. The number of benzene rings is 1. The molecule has 170 valence electrons. The first-order valence-corrected chi connectivity index (χ1v) is 11.3. The predicted molar refractivity (Wildman–Crippen MR) is 125 cm³/mol. The highest BCUT2D eigenvalue weighted by atomic mass is 16.5. The van der Waals surface area contributed by atoms with Gasteiger partial charge in [0.25, 0.3) is 0 Å². The highest BCUT2D eigenvalue weighted by Crippen LogP contribution is 2.54. The predicted octanol–water partition coefficient (Wildman–Crippen LogP) is 5.66. The highest BCUT2D eigenvalue weighted by molar-refractivity contribution is 6.18. The van der Waals surface area contributed by atoms with Crippen LogP contribution in [0.25, 0.3) is 0 Å². The second-order valence-electron chi connectivity index (χ2n) is 11.2. The summed E-state index contributed by atoms with van der Waals surface area (Å²) >= 11 is 0. The largest absolute Gasteiger partial charge is 0.493 e. The molecule has 0 amide bonds. The van der Waals surface area contributed by atoms with Crippen molar-refractivity contribution in [3.63, 3.8) is 0 Å². The Morgan fingerprint density at radius 1 is 0.938 bits per heavy atom. The summed E-state index contributed by atoms with van der Waals surface area (Å²) in [4.78, 5) is 5.39. The van der Waals surface area contributed by atoms with Crippen molar-refractivity contribution in [2.75, 3.05) is 14.2 Å². The molecule has 1 aliphatic carbocycles. The zero-order valence-corrected chi connectivity index (χ0v) is 20.4. The molecule has 5 rings (SSSR count). The maximum atomic E-state index is 6.38. The van der Waals surface area contributed by atoms with Crippen LogP contribution in [0.4, 0.5) is 0 Å². The molecule has 0 spiro atoms. The minimum absolute atomic E-state index is 0.113. The molecule has 0 unspecified atom stereocenters. The molecule has 0 aromatic heterocycles. The van der Waals surface area contributed by atoms with Crippen LogP contribution in [0.15, 0.2) is 46.1 Å². The molecule has 1 aromatic rings. The molecule has 0 saturated carbocycles. The van der Waals surface area contributed by atoms with Gasteiger partial charge in [-0.15, -0.1) is 0 Å². The molecule has 1 aromatic carbocycles. The van der Waals surface area contributed by atoms with Crippen molar-refractivity contribution in [2.45, 2.75) is 71.9 Å². The van der Waals surface area contributed by atoms with Gasteiger partial charge in [0.05, 0.1) is 31.7 Å². The van der Waals surface area contributed by atoms with Crippen LogP contribution < -0.4 is 9.47 Å². The monoisotopic (exact) mass is 435 g/mol. The third-order valence-electron chi connectivity index (χ3n) is 6.87. The molecule has 0 atom stereocenters. The topological polar surface area (TPSA) is 49.3 Å². The van der Waals surface area contributed by atoms with Gasteiger partial charge >= 0.3 is 0 Å². The van der Waals surface area contributed by atoms with Crippen LogP contribution in [-0.4, -0.2) is 31.1 Å². The van der Waals surface area contributed by atoms with Gasteiger partial charge in [-0.3, -0.25) is 4.99 Å². The van der Waals surface area contributed by atoms with Gasteiger partial charge in [-0.25, -0.2) is 0 Å². The lowest BCUT2D eigenvalue weighted by Gasteiger charge is -2.34. The normalized spacial score (nSPS) is 23.7. The number of fused-ring (bicyclic) bond motifs is 4. The highest BCUT2D eigenvalue weighted by Gasteiger charge is 2.46. The van der Waals surface area contributed by atoms with E-state index in [1.165, 1.54) is 27.8 Å². The number of allylic oxidation sites excluding steroid dienone is 2. The van der Waals surface area contributed by atoms with Crippen molar-refractivity contribution in [1.82, 2.24) is 0 Å². The Bertz CT molecular complexity index is 1140. The van der Waals surface area contributed by atoms with Gasteiger partial charge in [0.2, 0.25) is 0 Å². The number of ether oxygens (including phenoxy) is 4. The molecular formula is C27H33NO4. The Hall–Kier alpha value is -2.69. The van der Waals surface area contributed by atoms with E-state index in [1.54, 1.807) is 20.5 Å². The van der Waals surface area contributed by atoms with Crippen LogP contribution in [-0.2, 0) is 22.3 Å². The average molecular weight is 436 g/mol. The minimum Gasteiger partial charge on any atom is -0.493 e. The van der Waals surface area contributed by atoms with E-state index < -0.39 is 0 Å². The quantitative estimate of drug-likeness (QED) is 0.615. The van der Waals surface area contributed by atoms with Gasteiger partial charge in [0.15, 0.2) is 17.3 Å². The third-order valence-corrected chi connectivity index (χ3v) is 6.87. The average Bonchev–Trinajstić information content (AvgIpc) is 3.16. The van der Waals surface area contributed by atoms with Crippen molar-refractivity contribution < 1.29 is 18.9 Å². The van der Waals surface area contributed by atoms with Gasteiger partial charge < -0.3 is 18.9 Å². The van der Waals surface area contributed by atoms with E-state index in [0.29, 0.717) is 0 Å². The van der Waals surface area contributed by atoms with Gasteiger partial charge in [-0.2, -0.15) is 0 Å². The fourth-order valence-electron chi connectivity index (χ4n) is 5.76. The Morgan fingerprint density at radius 2 is 1.69 bits per heavy atom. The molecule has 5 nitrogen and oxygen atoms in total. The summed E-state index contributed by atoms with van der Waals surface area (Å²) in [7, 11) is 3.42. The number of aliphatic imine (C=N–C) groups is 1. The van der Waals surface area contributed by atoms with Crippen LogP contribution in [0.5, 0.6) is 11.5 Å². The SMILES string of the molecule is COC1=COC=C2CC(C)(C)C(C3=NC(C)(C)Cc4cc(OC)c5c(c43)CC(C)(C)O5)=C21. The van der Waals surface area contributed by atoms with E-state index in [9.17, 15) is 0 Å². The zero-order valence-electron chi connectivity index (χ0n) is 20.4. The van der Waals surface area contributed by atoms with Crippen molar-refractivity contribution >= 4 is 5.71 Å². The Kier molecular flexibility index (Phi) is 4.41. The number of nitrogens with zero attached hydrogens (tertiary/aromatic N) is 1. The van der Waals surface area contributed by atoms with E-state index in [2.05, 4.69) is 47.6 Å². The smallest absolute Gasteiger partial charge is 0.166 e. The molecule has 3 heterocycles. The zero-order chi connectivity index (χ0) is 23.1. The van der Waals surface area contributed by atoms with Crippen LogP contribution >= 0.6 is 0 Å². The van der Waals surface area contributed by atoms with Crippen LogP contribution in [0, 0.1) is 5.41 Å². The minimum atomic E-state index is -0.285. The first-order chi connectivity index (χ1) is 15.0. The first kappa shape index (κ1) is 21.2. The molecule has 5 heteroatoms. The first-order valence-electron chi connectivity index (χ1n) is 11.3. The second kappa shape index (κ2) is 6.66. The number of hydrogen-bond acceptors (Lipinski definition) is 5. The maximum absolute atomic E-state index is 6.38.